The molecule has 1 fully saturated rings. The molecule has 0 unspecified atom stereocenters. The van der Waals surface area contributed by atoms with E-state index in [0.29, 0.717) is 29.0 Å². The Balaban J connectivity index is 1.38. The molecule has 2 amide bonds. The molecule has 4 N–H and O–H groups in total. The number of amides is 2. The second-order valence-electron chi connectivity index (χ2n) is 8.36. The molecular formula is C26H29N5O2. The number of hydrogen-bond donors (Lipinski definition) is 3. The first-order valence-corrected chi connectivity index (χ1v) is 11.2. The summed E-state index contributed by atoms with van der Waals surface area (Å²) >= 11 is 0. The van der Waals surface area contributed by atoms with Crippen LogP contribution in [-0.4, -0.2) is 41.3 Å². The molecule has 0 saturated carbocycles. The summed E-state index contributed by atoms with van der Waals surface area (Å²) in [4.78, 5) is 31.7. The van der Waals surface area contributed by atoms with E-state index in [9.17, 15) is 9.59 Å². The number of hydrogen-bond acceptors (Lipinski definition) is 5. The van der Waals surface area contributed by atoms with Gasteiger partial charge in [0.2, 0.25) is 5.91 Å². The van der Waals surface area contributed by atoms with Crippen molar-refractivity contribution in [3.05, 3.63) is 71.9 Å². The van der Waals surface area contributed by atoms with Gasteiger partial charge >= 0.3 is 0 Å². The summed E-state index contributed by atoms with van der Waals surface area (Å²) in [6.45, 7) is 4.93. The normalized spacial score (nSPS) is 13.6. The molecule has 2 heterocycles. The number of likely N-dealkylation sites (tertiary alicyclic amines) is 1. The van der Waals surface area contributed by atoms with E-state index in [-0.39, 0.29) is 11.8 Å². The summed E-state index contributed by atoms with van der Waals surface area (Å²) in [5.41, 5.74) is 10.9. The van der Waals surface area contributed by atoms with Crippen LogP contribution < -0.4 is 16.4 Å². The lowest BCUT2D eigenvalue weighted by Crippen LogP contribution is -2.25. The molecule has 0 bridgehead atoms. The molecule has 0 spiro atoms. The van der Waals surface area contributed by atoms with Crippen molar-refractivity contribution in [2.45, 2.75) is 26.2 Å². The highest BCUT2D eigenvalue weighted by Gasteiger charge is 2.14. The summed E-state index contributed by atoms with van der Waals surface area (Å²) in [5, 5.41) is 5.77. The third-order valence-corrected chi connectivity index (χ3v) is 5.85. The SMILES string of the molecule is Cc1cc(NC(=O)CCN2CCCC2)cnc1-c1ccc(C(=O)Nc2ccccc2N)cc1. The van der Waals surface area contributed by atoms with Gasteiger partial charge in [-0.25, -0.2) is 0 Å². The fourth-order valence-electron chi connectivity index (χ4n) is 4.02. The lowest BCUT2D eigenvalue weighted by molar-refractivity contribution is -0.116. The highest BCUT2D eigenvalue weighted by atomic mass is 16.2. The Morgan fingerprint density at radius 1 is 1.03 bits per heavy atom. The number of nitrogens with two attached hydrogens (primary N) is 1. The average Bonchev–Trinajstić information content (AvgIpc) is 3.33. The van der Waals surface area contributed by atoms with E-state index in [0.717, 1.165) is 36.5 Å². The molecule has 1 aromatic heterocycles. The van der Waals surface area contributed by atoms with Crippen molar-refractivity contribution in [1.29, 1.82) is 0 Å². The van der Waals surface area contributed by atoms with Gasteiger partial charge in [0.25, 0.3) is 5.91 Å². The Morgan fingerprint density at radius 3 is 2.45 bits per heavy atom. The second kappa shape index (κ2) is 10.3. The van der Waals surface area contributed by atoms with Crippen molar-refractivity contribution in [3.8, 4) is 11.3 Å². The molecule has 170 valence electrons. The molecule has 1 aliphatic rings. The molecule has 33 heavy (non-hydrogen) atoms. The van der Waals surface area contributed by atoms with Crippen LogP contribution in [0.2, 0.25) is 0 Å². The number of nitrogens with one attached hydrogen (secondary N) is 2. The van der Waals surface area contributed by atoms with Gasteiger partial charge in [0.1, 0.15) is 0 Å². The predicted octanol–water partition coefficient (Wildman–Crippen LogP) is 4.32. The summed E-state index contributed by atoms with van der Waals surface area (Å²) in [6, 6.07) is 16.3. The maximum Gasteiger partial charge on any atom is 0.255 e. The number of anilines is 3. The van der Waals surface area contributed by atoms with Gasteiger partial charge < -0.3 is 21.3 Å². The van der Waals surface area contributed by atoms with Gasteiger partial charge in [-0.15, -0.1) is 0 Å². The van der Waals surface area contributed by atoms with E-state index in [1.807, 2.05) is 37.3 Å². The van der Waals surface area contributed by atoms with Gasteiger partial charge in [-0.3, -0.25) is 14.6 Å². The number of carbonyl (C=O) groups excluding carboxylic acids is 2. The monoisotopic (exact) mass is 443 g/mol. The number of carbonyl (C=O) groups is 2. The van der Waals surface area contributed by atoms with Crippen molar-refractivity contribution in [2.75, 3.05) is 36.0 Å². The molecule has 1 saturated heterocycles. The number of nitrogens with zero attached hydrogens (tertiary/aromatic N) is 2. The Hall–Kier alpha value is -3.71. The van der Waals surface area contributed by atoms with Crippen LogP contribution >= 0.6 is 0 Å². The summed E-state index contributed by atoms with van der Waals surface area (Å²) in [7, 11) is 0. The standard InChI is InChI=1S/C26H29N5O2/c1-18-16-21(29-24(32)12-15-31-13-4-5-14-31)17-28-25(18)19-8-10-20(11-9-19)26(33)30-23-7-3-2-6-22(23)27/h2-3,6-11,16-17H,4-5,12-15,27H2,1H3,(H,29,32)(H,30,33). The number of nitrogen functional groups attached to an aromatic ring is 1. The van der Waals surface area contributed by atoms with Crippen molar-refractivity contribution >= 4 is 28.9 Å². The first-order chi connectivity index (χ1) is 16.0. The molecule has 7 heteroatoms. The minimum Gasteiger partial charge on any atom is -0.397 e. The van der Waals surface area contributed by atoms with Gasteiger partial charge in [-0.2, -0.15) is 0 Å². The van der Waals surface area contributed by atoms with Gasteiger partial charge in [-0.05, 0) is 68.8 Å². The maximum absolute atomic E-state index is 12.5. The maximum atomic E-state index is 12.5. The quantitative estimate of drug-likeness (QED) is 0.472. The molecular weight excluding hydrogens is 414 g/mol. The van der Waals surface area contributed by atoms with Crippen molar-refractivity contribution in [2.24, 2.45) is 0 Å². The van der Waals surface area contributed by atoms with Crippen LogP contribution in [0.15, 0.2) is 60.8 Å². The summed E-state index contributed by atoms with van der Waals surface area (Å²) in [5.74, 6) is -0.221. The molecule has 4 rings (SSSR count). The highest BCUT2D eigenvalue weighted by Crippen LogP contribution is 2.24. The molecule has 0 aliphatic carbocycles. The zero-order valence-electron chi connectivity index (χ0n) is 18.8. The van der Waals surface area contributed by atoms with E-state index in [4.69, 9.17) is 5.73 Å². The van der Waals surface area contributed by atoms with Crippen molar-refractivity contribution in [3.63, 3.8) is 0 Å². The van der Waals surface area contributed by atoms with Crippen LogP contribution in [0.5, 0.6) is 0 Å². The highest BCUT2D eigenvalue weighted by molar-refractivity contribution is 6.05. The average molecular weight is 444 g/mol. The van der Waals surface area contributed by atoms with Crippen LogP contribution in [0.3, 0.4) is 0 Å². The topological polar surface area (TPSA) is 100 Å². The molecule has 3 aromatic rings. The van der Waals surface area contributed by atoms with E-state index >= 15 is 0 Å². The van der Waals surface area contributed by atoms with Gasteiger partial charge in [-0.1, -0.05) is 24.3 Å². The fourth-order valence-corrected chi connectivity index (χ4v) is 4.02. The molecule has 2 aromatic carbocycles. The first-order valence-electron chi connectivity index (χ1n) is 11.2. The number of aryl methyl sites for hydroxylation is 1. The number of para-hydroxylation sites is 2. The third kappa shape index (κ3) is 5.75. The van der Waals surface area contributed by atoms with Gasteiger partial charge in [0.15, 0.2) is 0 Å². The summed E-state index contributed by atoms with van der Waals surface area (Å²) in [6.07, 6.45) is 4.60. The van der Waals surface area contributed by atoms with Crippen molar-refractivity contribution < 1.29 is 9.59 Å². The minimum atomic E-state index is -0.226. The van der Waals surface area contributed by atoms with E-state index in [1.165, 1.54) is 12.8 Å². The number of aromatic nitrogens is 1. The second-order valence-corrected chi connectivity index (χ2v) is 8.36. The van der Waals surface area contributed by atoms with Gasteiger partial charge in [0.05, 0.1) is 29.0 Å². The van der Waals surface area contributed by atoms with Crippen LogP contribution in [0, 0.1) is 6.92 Å². The van der Waals surface area contributed by atoms with Crippen LogP contribution in [0.1, 0.15) is 35.2 Å². The fraction of sp³-hybridized carbons (Fsp3) is 0.269. The van der Waals surface area contributed by atoms with Crippen LogP contribution in [0.25, 0.3) is 11.3 Å². The lowest BCUT2D eigenvalue weighted by atomic mass is 10.0. The van der Waals surface area contributed by atoms with Crippen LogP contribution in [0.4, 0.5) is 17.1 Å². The largest absolute Gasteiger partial charge is 0.397 e. The Labute approximate surface area is 194 Å². The number of pyridine rings is 1. The van der Waals surface area contributed by atoms with E-state index in [1.54, 1.807) is 30.5 Å². The molecule has 7 nitrogen and oxygen atoms in total. The Kier molecular flexibility index (Phi) is 7.00. The smallest absolute Gasteiger partial charge is 0.255 e. The molecule has 0 radical (unpaired) electrons. The summed E-state index contributed by atoms with van der Waals surface area (Å²) < 4.78 is 0. The van der Waals surface area contributed by atoms with Crippen molar-refractivity contribution in [1.82, 2.24) is 9.88 Å². The van der Waals surface area contributed by atoms with Crippen LogP contribution in [-0.2, 0) is 4.79 Å². The predicted molar refractivity (Wildman–Crippen MR) is 132 cm³/mol. The molecule has 0 atom stereocenters. The third-order valence-electron chi connectivity index (χ3n) is 5.85. The molecule has 1 aliphatic heterocycles. The van der Waals surface area contributed by atoms with E-state index in [2.05, 4.69) is 20.5 Å². The number of benzene rings is 2. The van der Waals surface area contributed by atoms with Gasteiger partial charge in [0, 0.05) is 24.1 Å². The zero-order chi connectivity index (χ0) is 23.2. The lowest BCUT2D eigenvalue weighted by Gasteiger charge is -2.14. The number of rotatable bonds is 7. The zero-order valence-corrected chi connectivity index (χ0v) is 18.8. The minimum absolute atomic E-state index is 0.00488. The Bertz CT molecular complexity index is 1140. The first kappa shape index (κ1) is 22.5. The Morgan fingerprint density at radius 2 is 1.76 bits per heavy atom. The van der Waals surface area contributed by atoms with E-state index < -0.39 is 0 Å².